The quantitative estimate of drug-likeness (QED) is 0.0246. The molecular formula is C47H90N2O6P+. The van der Waals surface area contributed by atoms with Gasteiger partial charge in [-0.15, -0.1) is 0 Å². The molecule has 0 aromatic heterocycles. The molecule has 0 fully saturated rings. The Kier molecular flexibility index (Phi) is 37.9. The Morgan fingerprint density at radius 2 is 0.982 bits per heavy atom. The van der Waals surface area contributed by atoms with Gasteiger partial charge in [-0.25, -0.2) is 4.57 Å². The van der Waals surface area contributed by atoms with Gasteiger partial charge in [0, 0.05) is 6.42 Å². The lowest BCUT2D eigenvalue weighted by Crippen LogP contribution is -2.45. The normalized spacial score (nSPS) is 14.8. The van der Waals surface area contributed by atoms with Crippen molar-refractivity contribution in [2.45, 2.75) is 206 Å². The smallest absolute Gasteiger partial charge is 0.387 e. The van der Waals surface area contributed by atoms with Crippen molar-refractivity contribution in [3.63, 3.8) is 0 Å². The van der Waals surface area contributed by atoms with E-state index in [1.165, 1.54) is 116 Å². The van der Waals surface area contributed by atoms with Gasteiger partial charge in [0.2, 0.25) is 5.91 Å². The first-order chi connectivity index (χ1) is 27.0. The van der Waals surface area contributed by atoms with Gasteiger partial charge in [-0.2, -0.15) is 0 Å². The molecule has 0 aliphatic carbocycles. The summed E-state index contributed by atoms with van der Waals surface area (Å²) in [7, 11) is 1.54. The Morgan fingerprint density at radius 3 is 1.46 bits per heavy atom. The van der Waals surface area contributed by atoms with Crippen LogP contribution in [0.3, 0.4) is 0 Å². The highest BCUT2D eigenvalue weighted by molar-refractivity contribution is 7.47. The Balaban J connectivity index is 4.45. The standard InChI is InChI=1S/C47H89N2O6P/c1-6-8-10-12-14-16-18-20-21-22-23-24-25-26-27-28-29-30-32-34-36-38-40-46(50)45(44-55-56(52,53)54-43-42-49(3,4)5)48-47(51)41-39-37-35-33-31-19-17-15-13-11-9-7-2/h15,17,26-27,30,32,38,40,45-46,50H,6-14,16,18-25,28-29,31,33-37,39,41-44H2,1-5H3,(H-,48,51,52,53)/p+1/b17-15-,27-26+,32-30+,40-38+. The third kappa shape index (κ3) is 40.6. The van der Waals surface area contributed by atoms with E-state index in [1.807, 2.05) is 27.2 Å². The van der Waals surface area contributed by atoms with Crippen LogP contribution in [-0.2, 0) is 18.4 Å². The van der Waals surface area contributed by atoms with Crippen LogP contribution in [0.15, 0.2) is 48.6 Å². The molecule has 0 aliphatic heterocycles. The zero-order valence-corrected chi connectivity index (χ0v) is 38.0. The van der Waals surface area contributed by atoms with Crippen LogP contribution in [-0.4, -0.2) is 73.4 Å². The summed E-state index contributed by atoms with van der Waals surface area (Å²) in [5, 5.41) is 13.8. The summed E-state index contributed by atoms with van der Waals surface area (Å²) in [6.07, 6.45) is 49.1. The average molecular weight is 810 g/mol. The van der Waals surface area contributed by atoms with E-state index in [4.69, 9.17) is 9.05 Å². The number of carbonyl (C=O) groups excluding carboxylic acids is 1. The number of hydrogen-bond donors (Lipinski definition) is 3. The molecule has 0 rings (SSSR count). The van der Waals surface area contributed by atoms with Crippen molar-refractivity contribution >= 4 is 13.7 Å². The average Bonchev–Trinajstić information content (AvgIpc) is 3.15. The number of phosphoric ester groups is 1. The second kappa shape index (κ2) is 38.9. The van der Waals surface area contributed by atoms with Gasteiger partial charge in [0.05, 0.1) is 39.9 Å². The van der Waals surface area contributed by atoms with Gasteiger partial charge in [-0.1, -0.05) is 165 Å². The summed E-state index contributed by atoms with van der Waals surface area (Å²) in [5.74, 6) is -0.203. The van der Waals surface area contributed by atoms with E-state index >= 15 is 0 Å². The van der Waals surface area contributed by atoms with E-state index in [0.717, 1.165) is 57.8 Å². The fraction of sp³-hybridized carbons (Fsp3) is 0.809. The fourth-order valence-electron chi connectivity index (χ4n) is 6.30. The van der Waals surface area contributed by atoms with Crippen LogP contribution in [0.5, 0.6) is 0 Å². The van der Waals surface area contributed by atoms with Crippen LogP contribution >= 0.6 is 7.82 Å². The molecule has 0 spiro atoms. The molecule has 8 nitrogen and oxygen atoms in total. The van der Waals surface area contributed by atoms with Crippen LogP contribution in [0.2, 0.25) is 0 Å². The van der Waals surface area contributed by atoms with Crippen LogP contribution in [0.25, 0.3) is 0 Å². The van der Waals surface area contributed by atoms with Crippen molar-refractivity contribution in [3.8, 4) is 0 Å². The Morgan fingerprint density at radius 1 is 0.589 bits per heavy atom. The number of nitrogens with one attached hydrogen (secondary N) is 1. The first-order valence-corrected chi connectivity index (χ1v) is 24.5. The van der Waals surface area contributed by atoms with Gasteiger partial charge < -0.3 is 19.8 Å². The maximum absolute atomic E-state index is 12.8. The van der Waals surface area contributed by atoms with Gasteiger partial charge in [0.25, 0.3) is 0 Å². The summed E-state index contributed by atoms with van der Waals surface area (Å²) < 4.78 is 23.5. The predicted octanol–water partition coefficient (Wildman–Crippen LogP) is 12.9. The maximum Gasteiger partial charge on any atom is 0.472 e. The molecule has 0 radical (unpaired) electrons. The highest BCUT2D eigenvalue weighted by atomic mass is 31.2. The monoisotopic (exact) mass is 810 g/mol. The third-order valence-electron chi connectivity index (χ3n) is 10.00. The number of nitrogens with zero attached hydrogens (tertiary/aromatic N) is 1. The van der Waals surface area contributed by atoms with Crippen molar-refractivity contribution in [2.75, 3.05) is 40.9 Å². The van der Waals surface area contributed by atoms with E-state index in [2.05, 4.69) is 55.6 Å². The van der Waals surface area contributed by atoms with E-state index in [1.54, 1.807) is 6.08 Å². The van der Waals surface area contributed by atoms with E-state index in [-0.39, 0.29) is 19.1 Å². The molecule has 0 aromatic carbocycles. The van der Waals surface area contributed by atoms with Crippen molar-refractivity contribution in [2.24, 2.45) is 0 Å². The Labute approximate surface area is 346 Å². The molecule has 1 amide bonds. The first-order valence-electron chi connectivity index (χ1n) is 23.0. The molecular weight excluding hydrogens is 719 g/mol. The highest BCUT2D eigenvalue weighted by Crippen LogP contribution is 2.43. The summed E-state index contributed by atoms with van der Waals surface area (Å²) in [6, 6.07) is -0.873. The van der Waals surface area contributed by atoms with Crippen molar-refractivity contribution in [1.29, 1.82) is 0 Å². The Hall–Kier alpha value is -1.54. The predicted molar refractivity (Wildman–Crippen MR) is 240 cm³/mol. The van der Waals surface area contributed by atoms with Gasteiger partial charge in [-0.3, -0.25) is 13.8 Å². The molecule has 3 unspecified atom stereocenters. The SMILES string of the molecule is CCCCC/C=C\CCCCCCCC(=O)NC(COP(=O)(O)OCC[N+](C)(C)C)C(O)/C=C/CC/C=C/CC/C=C/CCCCCCCCCCCCCC. The van der Waals surface area contributed by atoms with E-state index < -0.39 is 20.0 Å². The molecule has 0 heterocycles. The number of aliphatic hydroxyl groups excluding tert-OH is 1. The van der Waals surface area contributed by atoms with Crippen molar-refractivity contribution < 1.29 is 32.9 Å². The number of likely N-dealkylation sites (N-methyl/N-ethyl adjacent to an activating group) is 1. The topological polar surface area (TPSA) is 105 Å². The molecule has 0 aromatic rings. The second-order valence-corrected chi connectivity index (χ2v) is 18.2. The number of hydrogen-bond acceptors (Lipinski definition) is 5. The van der Waals surface area contributed by atoms with Gasteiger partial charge in [-0.05, 0) is 70.6 Å². The molecule has 3 N–H and O–H groups in total. The number of aliphatic hydroxyl groups is 1. The first kappa shape index (κ1) is 54.5. The number of phosphoric acid groups is 1. The molecule has 9 heteroatoms. The van der Waals surface area contributed by atoms with Crippen molar-refractivity contribution in [3.05, 3.63) is 48.6 Å². The number of amides is 1. The lowest BCUT2D eigenvalue weighted by molar-refractivity contribution is -0.870. The molecule has 0 bridgehead atoms. The number of allylic oxidation sites excluding steroid dienone is 7. The summed E-state index contributed by atoms with van der Waals surface area (Å²) in [4.78, 5) is 23.1. The summed E-state index contributed by atoms with van der Waals surface area (Å²) in [6.45, 7) is 4.74. The molecule has 56 heavy (non-hydrogen) atoms. The summed E-state index contributed by atoms with van der Waals surface area (Å²) >= 11 is 0. The van der Waals surface area contributed by atoms with E-state index in [9.17, 15) is 19.4 Å². The molecule has 3 atom stereocenters. The molecule has 0 aliphatic rings. The number of quaternary nitrogens is 1. The lowest BCUT2D eigenvalue weighted by Gasteiger charge is -2.25. The second-order valence-electron chi connectivity index (χ2n) is 16.8. The minimum absolute atomic E-state index is 0.0509. The molecule has 0 saturated heterocycles. The largest absolute Gasteiger partial charge is 0.472 e. The van der Waals surface area contributed by atoms with Crippen LogP contribution in [0.4, 0.5) is 0 Å². The minimum Gasteiger partial charge on any atom is -0.387 e. The summed E-state index contributed by atoms with van der Waals surface area (Å²) in [5.41, 5.74) is 0. The fourth-order valence-corrected chi connectivity index (χ4v) is 7.04. The van der Waals surface area contributed by atoms with Gasteiger partial charge >= 0.3 is 7.82 Å². The molecule has 328 valence electrons. The van der Waals surface area contributed by atoms with Crippen molar-refractivity contribution in [1.82, 2.24) is 5.32 Å². The number of carbonyl (C=O) groups is 1. The highest BCUT2D eigenvalue weighted by Gasteiger charge is 2.27. The number of unbranched alkanes of at least 4 members (excludes halogenated alkanes) is 22. The lowest BCUT2D eigenvalue weighted by atomic mass is 10.0. The Bertz CT molecular complexity index is 1050. The van der Waals surface area contributed by atoms with Gasteiger partial charge in [0.1, 0.15) is 13.2 Å². The zero-order chi connectivity index (χ0) is 41.4. The number of rotatable bonds is 41. The van der Waals surface area contributed by atoms with E-state index in [0.29, 0.717) is 17.4 Å². The zero-order valence-electron chi connectivity index (χ0n) is 37.1. The van der Waals surface area contributed by atoms with Gasteiger partial charge in [0.15, 0.2) is 0 Å². The van der Waals surface area contributed by atoms with Crippen LogP contribution < -0.4 is 5.32 Å². The molecule has 0 saturated carbocycles. The van der Waals surface area contributed by atoms with Crippen LogP contribution in [0, 0.1) is 0 Å². The minimum atomic E-state index is -4.35. The third-order valence-corrected chi connectivity index (χ3v) is 11.0. The maximum atomic E-state index is 12.8. The van der Waals surface area contributed by atoms with Crippen LogP contribution in [0.1, 0.15) is 194 Å².